The minimum Gasteiger partial charge on any atom is -0.334 e. The number of aromatic nitrogens is 2. The molecule has 0 bridgehead atoms. The molecule has 134 valence electrons. The maximum Gasteiger partial charge on any atom is 0.330 e. The van der Waals surface area contributed by atoms with Gasteiger partial charge in [0.05, 0.1) is 11.4 Å². The highest BCUT2D eigenvalue weighted by Crippen LogP contribution is 2.22. The molecule has 0 aliphatic rings. The summed E-state index contributed by atoms with van der Waals surface area (Å²) >= 11 is 12.0. The monoisotopic (exact) mass is 390 g/mol. The first kappa shape index (κ1) is 18.1. The molecule has 0 unspecified atom stereocenters. The molecule has 26 heavy (non-hydrogen) atoms. The Balaban J connectivity index is 1.75. The van der Waals surface area contributed by atoms with E-state index >= 15 is 0 Å². The van der Waals surface area contributed by atoms with Crippen LogP contribution >= 0.6 is 23.2 Å². The van der Waals surface area contributed by atoms with Crippen LogP contribution in [0.3, 0.4) is 0 Å². The predicted octanol–water partition coefficient (Wildman–Crippen LogP) is 4.10. The summed E-state index contributed by atoms with van der Waals surface area (Å²) in [7, 11) is 0. The van der Waals surface area contributed by atoms with Crippen LogP contribution in [0.15, 0.2) is 53.5 Å². The average Bonchev–Trinajstić information content (AvgIpc) is 2.93. The van der Waals surface area contributed by atoms with E-state index in [1.807, 2.05) is 0 Å². The Hall–Kier alpha value is -2.70. The molecule has 6 nitrogen and oxygen atoms in total. The number of carbonyl (C=O) groups excluding carboxylic acids is 1. The van der Waals surface area contributed by atoms with Gasteiger partial charge in [0.1, 0.15) is 0 Å². The molecule has 2 amide bonds. The molecule has 3 rings (SSSR count). The number of para-hydroxylation sites is 2. The molecule has 0 aliphatic carbocycles. The van der Waals surface area contributed by atoms with Crippen molar-refractivity contribution in [3.8, 4) is 5.69 Å². The first-order valence-corrected chi connectivity index (χ1v) is 8.56. The summed E-state index contributed by atoms with van der Waals surface area (Å²) in [6.07, 6.45) is 1.61. The fraction of sp³-hybridized carbons (Fsp3) is 0.111. The van der Waals surface area contributed by atoms with Gasteiger partial charge in [-0.2, -0.15) is 0 Å². The molecule has 1 aromatic heterocycles. The molecule has 0 radical (unpaired) electrons. The van der Waals surface area contributed by atoms with Crippen molar-refractivity contribution in [1.29, 1.82) is 0 Å². The molecule has 1 heterocycles. The maximum absolute atomic E-state index is 12.3. The van der Waals surface area contributed by atoms with Gasteiger partial charge in [0, 0.05) is 28.5 Å². The number of amides is 2. The number of hydrogen-bond donors (Lipinski definition) is 3. The molecule has 0 aliphatic heterocycles. The number of aryl methyl sites for hydroxylation is 1. The van der Waals surface area contributed by atoms with Crippen LogP contribution in [-0.4, -0.2) is 15.6 Å². The highest BCUT2D eigenvalue weighted by atomic mass is 35.5. The number of hydrogen-bond acceptors (Lipinski definition) is 2. The van der Waals surface area contributed by atoms with Crippen molar-refractivity contribution in [2.45, 2.75) is 13.5 Å². The van der Waals surface area contributed by atoms with Gasteiger partial charge in [0.25, 0.3) is 0 Å². The number of urea groups is 1. The smallest absolute Gasteiger partial charge is 0.330 e. The van der Waals surface area contributed by atoms with E-state index in [1.54, 1.807) is 55.6 Å². The minimum absolute atomic E-state index is 0.243. The maximum atomic E-state index is 12.3. The molecule has 8 heteroatoms. The molecule has 3 aromatic rings. The highest BCUT2D eigenvalue weighted by molar-refractivity contribution is 6.35. The van der Waals surface area contributed by atoms with Gasteiger partial charge in [-0.1, -0.05) is 41.4 Å². The summed E-state index contributed by atoms with van der Waals surface area (Å²) in [6, 6.07) is 11.7. The third-order valence-corrected chi connectivity index (χ3v) is 4.39. The summed E-state index contributed by atoms with van der Waals surface area (Å²) < 4.78 is 1.49. The normalized spacial score (nSPS) is 10.6. The molecule has 0 saturated carbocycles. The fourth-order valence-electron chi connectivity index (χ4n) is 2.54. The molecule has 3 N–H and O–H groups in total. The van der Waals surface area contributed by atoms with E-state index in [0.717, 1.165) is 11.3 Å². The largest absolute Gasteiger partial charge is 0.334 e. The molecule has 0 saturated heterocycles. The van der Waals surface area contributed by atoms with Crippen molar-refractivity contribution in [3.63, 3.8) is 0 Å². The summed E-state index contributed by atoms with van der Waals surface area (Å²) in [5.74, 6) is 0. The first-order chi connectivity index (χ1) is 12.5. The van der Waals surface area contributed by atoms with Crippen LogP contribution in [0.5, 0.6) is 0 Å². The molecule has 0 atom stereocenters. The number of carbonyl (C=O) groups is 1. The Morgan fingerprint density at radius 3 is 2.65 bits per heavy atom. The van der Waals surface area contributed by atoms with E-state index in [9.17, 15) is 9.59 Å². The summed E-state index contributed by atoms with van der Waals surface area (Å²) in [5.41, 5.74) is 2.30. The van der Waals surface area contributed by atoms with E-state index in [0.29, 0.717) is 21.4 Å². The van der Waals surface area contributed by atoms with Crippen molar-refractivity contribution in [2.24, 2.45) is 0 Å². The van der Waals surface area contributed by atoms with Gasteiger partial charge in [-0.15, -0.1) is 0 Å². The zero-order valence-electron chi connectivity index (χ0n) is 13.8. The Kier molecular flexibility index (Phi) is 5.35. The number of H-pyrrole nitrogens is 1. The number of nitrogens with one attached hydrogen (secondary N) is 3. The summed E-state index contributed by atoms with van der Waals surface area (Å²) in [5, 5.41) is 6.51. The Labute approximate surface area is 159 Å². The second-order valence-corrected chi connectivity index (χ2v) is 6.47. The van der Waals surface area contributed by atoms with E-state index < -0.39 is 6.03 Å². The number of anilines is 1. The molecular weight excluding hydrogens is 375 g/mol. The molecule has 0 spiro atoms. The van der Waals surface area contributed by atoms with Crippen molar-refractivity contribution < 1.29 is 4.79 Å². The standard InChI is InChI=1S/C18H16Cl2N4O2/c1-11-9-22-18(26)24(11)16-5-3-2-4-15(16)23-17(25)21-10-12-6-7-13(19)8-14(12)20/h2-9H,10H2,1H3,(H,22,26)(H2,21,23,25). The van der Waals surface area contributed by atoms with Gasteiger partial charge in [-0.25, -0.2) is 9.59 Å². The highest BCUT2D eigenvalue weighted by Gasteiger charge is 2.12. The fourth-order valence-corrected chi connectivity index (χ4v) is 3.01. The zero-order chi connectivity index (χ0) is 18.7. The van der Waals surface area contributed by atoms with Crippen LogP contribution in [0, 0.1) is 6.92 Å². The van der Waals surface area contributed by atoms with Gasteiger partial charge >= 0.3 is 11.7 Å². The first-order valence-electron chi connectivity index (χ1n) is 7.81. The molecular formula is C18H16Cl2N4O2. The van der Waals surface area contributed by atoms with Gasteiger partial charge < -0.3 is 15.6 Å². The lowest BCUT2D eigenvalue weighted by Gasteiger charge is -2.13. The van der Waals surface area contributed by atoms with Gasteiger partial charge in [-0.05, 0) is 36.8 Å². The number of benzene rings is 2. The van der Waals surface area contributed by atoms with Crippen LogP contribution < -0.4 is 16.3 Å². The van der Waals surface area contributed by atoms with Gasteiger partial charge in [0.2, 0.25) is 0 Å². The number of imidazole rings is 1. The number of nitrogens with zero attached hydrogens (tertiary/aromatic N) is 1. The van der Waals surface area contributed by atoms with Crippen LogP contribution in [-0.2, 0) is 6.54 Å². The Morgan fingerprint density at radius 2 is 1.96 bits per heavy atom. The lowest BCUT2D eigenvalue weighted by Crippen LogP contribution is -2.29. The second kappa shape index (κ2) is 7.68. The SMILES string of the molecule is Cc1c[nH]c(=O)n1-c1ccccc1NC(=O)NCc1ccc(Cl)cc1Cl. The molecule has 2 aromatic carbocycles. The van der Waals surface area contributed by atoms with Crippen molar-refractivity contribution >= 4 is 34.9 Å². The quantitative estimate of drug-likeness (QED) is 0.626. The third kappa shape index (κ3) is 3.92. The van der Waals surface area contributed by atoms with Crippen LogP contribution in [0.4, 0.5) is 10.5 Å². The van der Waals surface area contributed by atoms with Crippen LogP contribution in [0.1, 0.15) is 11.3 Å². The summed E-state index contributed by atoms with van der Waals surface area (Å²) in [6.45, 7) is 2.05. The van der Waals surface area contributed by atoms with Gasteiger partial charge in [-0.3, -0.25) is 4.57 Å². The number of rotatable bonds is 4. The zero-order valence-corrected chi connectivity index (χ0v) is 15.4. The Morgan fingerprint density at radius 1 is 1.19 bits per heavy atom. The third-order valence-electron chi connectivity index (χ3n) is 3.81. The second-order valence-electron chi connectivity index (χ2n) is 5.63. The van der Waals surface area contributed by atoms with E-state index in [-0.39, 0.29) is 12.2 Å². The van der Waals surface area contributed by atoms with Crippen LogP contribution in [0.2, 0.25) is 10.0 Å². The minimum atomic E-state index is -0.412. The topological polar surface area (TPSA) is 78.9 Å². The van der Waals surface area contributed by atoms with Crippen molar-refractivity contribution in [3.05, 3.63) is 80.4 Å². The van der Waals surface area contributed by atoms with Crippen LogP contribution in [0.25, 0.3) is 5.69 Å². The van der Waals surface area contributed by atoms with Gasteiger partial charge in [0.15, 0.2) is 0 Å². The van der Waals surface area contributed by atoms with Crippen molar-refractivity contribution in [2.75, 3.05) is 5.32 Å². The molecule has 0 fully saturated rings. The number of halogens is 2. The van der Waals surface area contributed by atoms with E-state index in [4.69, 9.17) is 23.2 Å². The lowest BCUT2D eigenvalue weighted by atomic mass is 10.2. The lowest BCUT2D eigenvalue weighted by molar-refractivity contribution is 0.251. The Bertz CT molecular complexity index is 1010. The van der Waals surface area contributed by atoms with E-state index in [2.05, 4.69) is 15.6 Å². The van der Waals surface area contributed by atoms with Crippen molar-refractivity contribution in [1.82, 2.24) is 14.9 Å². The number of aromatic amines is 1. The predicted molar refractivity (Wildman–Crippen MR) is 103 cm³/mol. The average molecular weight is 391 g/mol. The van der Waals surface area contributed by atoms with E-state index in [1.165, 1.54) is 4.57 Å². The summed E-state index contributed by atoms with van der Waals surface area (Å²) in [4.78, 5) is 26.9.